The maximum absolute atomic E-state index is 11.9. The molecule has 6 nitrogen and oxygen atoms in total. The normalized spacial score (nSPS) is 19.3. The topological polar surface area (TPSA) is 74.3 Å². The van der Waals surface area contributed by atoms with E-state index >= 15 is 0 Å². The van der Waals surface area contributed by atoms with E-state index in [-0.39, 0.29) is 23.5 Å². The summed E-state index contributed by atoms with van der Waals surface area (Å²) in [6.45, 7) is 8.40. The molecule has 0 saturated carbocycles. The van der Waals surface area contributed by atoms with E-state index in [1.807, 2.05) is 33.1 Å². The molecule has 1 aromatic heterocycles. The minimum absolute atomic E-state index is 0.0768. The van der Waals surface area contributed by atoms with Gasteiger partial charge in [0.05, 0.1) is 11.7 Å². The minimum Gasteiger partial charge on any atom is -0.336 e. The first-order valence-electron chi connectivity index (χ1n) is 6.56. The molecule has 1 unspecified atom stereocenters. The number of carbonyl (C=O) groups is 2. The Morgan fingerprint density at radius 3 is 2.70 bits per heavy atom. The average molecular weight is 296 g/mol. The largest absolute Gasteiger partial charge is 0.336 e. The molecule has 0 aromatic carbocycles. The Kier molecular flexibility index (Phi) is 3.99. The van der Waals surface area contributed by atoms with Crippen LogP contribution < -0.4 is 10.6 Å². The summed E-state index contributed by atoms with van der Waals surface area (Å²) in [5.41, 5.74) is 0.663. The van der Waals surface area contributed by atoms with Gasteiger partial charge in [-0.05, 0) is 27.7 Å². The molecule has 0 aliphatic carbocycles. The van der Waals surface area contributed by atoms with Gasteiger partial charge in [-0.25, -0.2) is 9.78 Å². The summed E-state index contributed by atoms with van der Waals surface area (Å²) in [7, 11) is 0. The molecule has 1 saturated heterocycles. The molecule has 1 fully saturated rings. The summed E-state index contributed by atoms with van der Waals surface area (Å²) >= 11 is 1.38. The molecule has 7 heteroatoms. The molecule has 110 valence electrons. The van der Waals surface area contributed by atoms with Crippen molar-refractivity contribution < 1.29 is 9.59 Å². The number of hydrogen-bond donors (Lipinski definition) is 2. The van der Waals surface area contributed by atoms with Gasteiger partial charge < -0.3 is 10.2 Å². The summed E-state index contributed by atoms with van der Waals surface area (Å²) in [6, 6.07) is -0.462. The van der Waals surface area contributed by atoms with Gasteiger partial charge in [-0.3, -0.25) is 10.1 Å². The number of likely N-dealkylation sites (tertiary alicyclic amines) is 1. The molecule has 1 aliphatic rings. The smallest absolute Gasteiger partial charge is 0.321 e. The molecule has 3 amide bonds. The highest BCUT2D eigenvalue weighted by Gasteiger charge is 2.36. The first-order valence-corrected chi connectivity index (χ1v) is 7.44. The van der Waals surface area contributed by atoms with Crippen molar-refractivity contribution >= 4 is 28.4 Å². The van der Waals surface area contributed by atoms with Gasteiger partial charge in [0, 0.05) is 23.9 Å². The lowest BCUT2D eigenvalue weighted by atomic mass is 10.1. The van der Waals surface area contributed by atoms with Crippen molar-refractivity contribution in [3.63, 3.8) is 0 Å². The Hall–Kier alpha value is -1.63. The fourth-order valence-electron chi connectivity index (χ4n) is 2.18. The van der Waals surface area contributed by atoms with Gasteiger partial charge in [-0.15, -0.1) is 11.3 Å². The first-order chi connectivity index (χ1) is 9.25. The van der Waals surface area contributed by atoms with E-state index < -0.39 is 0 Å². The van der Waals surface area contributed by atoms with Crippen molar-refractivity contribution in [2.24, 2.45) is 0 Å². The number of rotatable bonds is 2. The standard InChI is InChI=1S/C13H20N4O2S/c1-8-7-20-12(14-8)16-11(19)15-9-5-10(18)17(6-9)13(2,3)4/h7,9H,5-6H2,1-4H3,(H2,14,15,16,19). The van der Waals surface area contributed by atoms with Crippen molar-refractivity contribution in [2.45, 2.75) is 45.7 Å². The van der Waals surface area contributed by atoms with Gasteiger partial charge in [0.15, 0.2) is 5.13 Å². The zero-order chi connectivity index (χ0) is 14.9. The van der Waals surface area contributed by atoms with Crippen LogP contribution in [0.15, 0.2) is 5.38 Å². The zero-order valence-corrected chi connectivity index (χ0v) is 13.0. The number of aryl methyl sites for hydroxylation is 1. The van der Waals surface area contributed by atoms with E-state index in [1.54, 1.807) is 4.90 Å². The van der Waals surface area contributed by atoms with Crippen LogP contribution in [0.5, 0.6) is 0 Å². The van der Waals surface area contributed by atoms with E-state index in [4.69, 9.17) is 0 Å². The molecule has 1 aromatic rings. The number of aromatic nitrogens is 1. The lowest BCUT2D eigenvalue weighted by Gasteiger charge is -2.32. The van der Waals surface area contributed by atoms with Crippen LogP contribution in [-0.4, -0.2) is 39.9 Å². The van der Waals surface area contributed by atoms with Gasteiger partial charge >= 0.3 is 6.03 Å². The second kappa shape index (κ2) is 5.40. The lowest BCUT2D eigenvalue weighted by Crippen LogP contribution is -2.45. The number of urea groups is 1. The number of nitrogens with one attached hydrogen (secondary N) is 2. The molecule has 1 atom stereocenters. The predicted octanol–water partition coefficient (Wildman–Crippen LogP) is 1.97. The Labute approximate surface area is 122 Å². The molecule has 2 rings (SSSR count). The third-order valence-electron chi connectivity index (χ3n) is 3.11. The fraction of sp³-hybridized carbons (Fsp3) is 0.615. The highest BCUT2D eigenvalue weighted by atomic mass is 32.1. The molecule has 0 bridgehead atoms. The third kappa shape index (κ3) is 3.47. The van der Waals surface area contributed by atoms with Crippen molar-refractivity contribution in [2.75, 3.05) is 11.9 Å². The quantitative estimate of drug-likeness (QED) is 0.876. The van der Waals surface area contributed by atoms with Crippen LogP contribution in [0.4, 0.5) is 9.93 Å². The van der Waals surface area contributed by atoms with Crippen molar-refractivity contribution in [1.29, 1.82) is 0 Å². The van der Waals surface area contributed by atoms with Crippen LogP contribution in [-0.2, 0) is 4.79 Å². The second-order valence-electron chi connectivity index (χ2n) is 5.97. The highest BCUT2D eigenvalue weighted by molar-refractivity contribution is 7.13. The van der Waals surface area contributed by atoms with Gasteiger partial charge in [0.2, 0.25) is 5.91 Å². The summed E-state index contributed by atoms with van der Waals surface area (Å²) in [4.78, 5) is 29.7. The number of hydrogen-bond acceptors (Lipinski definition) is 4. The first kappa shape index (κ1) is 14.8. The van der Waals surface area contributed by atoms with E-state index in [0.717, 1.165) is 5.69 Å². The maximum atomic E-state index is 11.9. The van der Waals surface area contributed by atoms with Crippen molar-refractivity contribution in [3.05, 3.63) is 11.1 Å². The number of anilines is 1. The number of carbonyl (C=O) groups excluding carboxylic acids is 2. The van der Waals surface area contributed by atoms with Crippen LogP contribution in [0.3, 0.4) is 0 Å². The molecule has 20 heavy (non-hydrogen) atoms. The van der Waals surface area contributed by atoms with Crippen LogP contribution in [0, 0.1) is 6.92 Å². The molecular formula is C13H20N4O2S. The number of thiazole rings is 1. The summed E-state index contributed by atoms with van der Waals surface area (Å²) in [5, 5.41) is 7.95. The molecule has 2 N–H and O–H groups in total. The highest BCUT2D eigenvalue weighted by Crippen LogP contribution is 2.22. The third-order valence-corrected chi connectivity index (χ3v) is 3.99. The Morgan fingerprint density at radius 1 is 1.50 bits per heavy atom. The Balaban J connectivity index is 1.88. The van der Waals surface area contributed by atoms with Crippen LogP contribution in [0.25, 0.3) is 0 Å². The molecule has 0 spiro atoms. The van der Waals surface area contributed by atoms with Crippen LogP contribution >= 0.6 is 11.3 Å². The van der Waals surface area contributed by atoms with Gasteiger partial charge in [-0.2, -0.15) is 0 Å². The van der Waals surface area contributed by atoms with E-state index in [0.29, 0.717) is 18.1 Å². The fourth-order valence-corrected chi connectivity index (χ4v) is 2.87. The predicted molar refractivity (Wildman–Crippen MR) is 78.9 cm³/mol. The van der Waals surface area contributed by atoms with Crippen LogP contribution in [0.1, 0.15) is 32.9 Å². The lowest BCUT2D eigenvalue weighted by molar-refractivity contribution is -0.131. The monoisotopic (exact) mass is 296 g/mol. The SMILES string of the molecule is Cc1csc(NC(=O)NC2CC(=O)N(C(C)(C)C)C2)n1. The molecular weight excluding hydrogens is 276 g/mol. The Bertz CT molecular complexity index is 521. The van der Waals surface area contributed by atoms with Crippen molar-refractivity contribution in [1.82, 2.24) is 15.2 Å². The van der Waals surface area contributed by atoms with E-state index in [2.05, 4.69) is 15.6 Å². The van der Waals surface area contributed by atoms with E-state index in [9.17, 15) is 9.59 Å². The summed E-state index contributed by atoms with van der Waals surface area (Å²) < 4.78 is 0. The summed E-state index contributed by atoms with van der Waals surface area (Å²) in [5.74, 6) is 0.0768. The van der Waals surface area contributed by atoms with Gasteiger partial charge in [-0.1, -0.05) is 0 Å². The average Bonchev–Trinajstić information content (AvgIpc) is 2.84. The molecule has 2 heterocycles. The van der Waals surface area contributed by atoms with Crippen molar-refractivity contribution in [3.8, 4) is 0 Å². The number of amides is 3. The zero-order valence-electron chi connectivity index (χ0n) is 12.2. The molecule has 0 radical (unpaired) electrons. The number of nitrogens with zero attached hydrogens (tertiary/aromatic N) is 2. The van der Waals surface area contributed by atoms with Gasteiger partial charge in [0.1, 0.15) is 0 Å². The van der Waals surface area contributed by atoms with E-state index in [1.165, 1.54) is 11.3 Å². The minimum atomic E-state index is -0.312. The Morgan fingerprint density at radius 2 is 2.20 bits per heavy atom. The maximum Gasteiger partial charge on any atom is 0.321 e. The molecule has 1 aliphatic heterocycles. The van der Waals surface area contributed by atoms with Gasteiger partial charge in [0.25, 0.3) is 0 Å². The van der Waals surface area contributed by atoms with Crippen LogP contribution in [0.2, 0.25) is 0 Å². The second-order valence-corrected chi connectivity index (χ2v) is 6.83. The summed E-state index contributed by atoms with van der Waals surface area (Å²) in [6.07, 6.45) is 0.349.